The van der Waals surface area contributed by atoms with E-state index in [1.54, 1.807) is 30.3 Å². The van der Waals surface area contributed by atoms with Crippen molar-refractivity contribution in [1.82, 2.24) is 14.9 Å². The third kappa shape index (κ3) is 3.89. The molecule has 1 atom stereocenters. The zero-order valence-electron chi connectivity index (χ0n) is 10.9. The summed E-state index contributed by atoms with van der Waals surface area (Å²) in [7, 11) is 0. The maximum absolute atomic E-state index is 12.3. The van der Waals surface area contributed by atoms with Gasteiger partial charge in [-0.2, -0.15) is 0 Å². The Morgan fingerprint density at radius 2 is 1.86 bits per heavy atom. The lowest BCUT2D eigenvalue weighted by Crippen LogP contribution is -2.45. The smallest absolute Gasteiger partial charge is 0.256 e. The van der Waals surface area contributed by atoms with Gasteiger partial charge in [-0.25, -0.2) is 0 Å². The summed E-state index contributed by atoms with van der Waals surface area (Å²) in [6.45, 7) is 0. The fourth-order valence-electron chi connectivity index (χ4n) is 1.77. The lowest BCUT2D eigenvalue weighted by Gasteiger charge is -2.27. The van der Waals surface area contributed by atoms with Crippen molar-refractivity contribution >= 4 is 52.9 Å². The molecule has 0 bridgehead atoms. The number of nitrogens with zero attached hydrogens (tertiary/aromatic N) is 1. The minimum absolute atomic E-state index is 0.0252. The number of alkyl halides is 3. The molecule has 116 valence electrons. The maximum atomic E-state index is 12.3. The topological polar surface area (TPSA) is 66.9 Å². The molecule has 5 nitrogen and oxygen atoms in total. The molecular weight excluding hydrogens is 369 g/mol. The van der Waals surface area contributed by atoms with Gasteiger partial charge in [0.2, 0.25) is 3.79 Å². The number of hydrogen-bond donors (Lipinski definition) is 2. The van der Waals surface area contributed by atoms with E-state index in [0.29, 0.717) is 5.56 Å². The van der Waals surface area contributed by atoms with Crippen LogP contribution in [0.1, 0.15) is 16.5 Å². The molecule has 0 radical (unpaired) electrons. The van der Waals surface area contributed by atoms with Gasteiger partial charge in [0.15, 0.2) is 10.9 Å². The van der Waals surface area contributed by atoms with Crippen LogP contribution in [-0.4, -0.2) is 19.3 Å². The lowest BCUT2D eigenvalue weighted by molar-refractivity contribution is 0.0918. The lowest BCUT2D eigenvalue weighted by atomic mass is 10.2. The van der Waals surface area contributed by atoms with E-state index < -0.39 is 21.4 Å². The third-order valence-electron chi connectivity index (χ3n) is 2.76. The van der Waals surface area contributed by atoms with E-state index in [0.717, 1.165) is 4.57 Å². The number of hydrogen-bond acceptors (Lipinski definition) is 3. The van der Waals surface area contributed by atoms with E-state index >= 15 is 0 Å². The monoisotopic (exact) mass is 377 g/mol. The molecule has 9 heteroatoms. The highest BCUT2D eigenvalue weighted by Gasteiger charge is 2.36. The number of halogens is 3. The number of aromatic amines is 1. The van der Waals surface area contributed by atoms with Crippen molar-refractivity contribution < 1.29 is 4.79 Å². The van der Waals surface area contributed by atoms with Crippen LogP contribution in [-0.2, 0) is 0 Å². The highest BCUT2D eigenvalue weighted by atomic mass is 35.6. The normalized spacial score (nSPS) is 12.7. The Morgan fingerprint density at radius 3 is 2.41 bits per heavy atom. The standard InChI is InChI=1S/C13H10Cl3N3O2S/c14-13(15,16)11(19-9(20)6-7-17-12(19)22)18-10(21)8-4-2-1-3-5-8/h1-7,11H,(H,17,22)(H,18,21)/t11-/m1/s1. The van der Waals surface area contributed by atoms with Gasteiger partial charge in [0.25, 0.3) is 11.5 Å². The van der Waals surface area contributed by atoms with Gasteiger partial charge in [-0.3, -0.25) is 14.2 Å². The summed E-state index contributed by atoms with van der Waals surface area (Å²) in [4.78, 5) is 26.9. The Bertz CT molecular complexity index is 755. The van der Waals surface area contributed by atoms with Gasteiger partial charge in [0.1, 0.15) is 0 Å². The minimum Gasteiger partial charge on any atom is -0.339 e. The van der Waals surface area contributed by atoms with Gasteiger partial charge in [0, 0.05) is 17.8 Å². The first-order chi connectivity index (χ1) is 10.3. The second-order valence-electron chi connectivity index (χ2n) is 4.27. The molecule has 0 spiro atoms. The number of carbonyl (C=O) groups excluding carboxylic acids is 1. The van der Waals surface area contributed by atoms with Crippen molar-refractivity contribution in [2.75, 3.05) is 0 Å². The molecule has 0 saturated heterocycles. The molecule has 2 aromatic rings. The van der Waals surface area contributed by atoms with Crippen LogP contribution in [0.15, 0.2) is 47.4 Å². The Kier molecular flexibility index (Phi) is 5.28. The van der Waals surface area contributed by atoms with Gasteiger partial charge >= 0.3 is 0 Å². The highest BCUT2D eigenvalue weighted by molar-refractivity contribution is 7.71. The molecule has 22 heavy (non-hydrogen) atoms. The molecule has 0 fully saturated rings. The van der Waals surface area contributed by atoms with Gasteiger partial charge < -0.3 is 10.3 Å². The number of carbonyl (C=O) groups is 1. The van der Waals surface area contributed by atoms with E-state index in [1.807, 2.05) is 0 Å². The van der Waals surface area contributed by atoms with Crippen LogP contribution in [0, 0.1) is 4.77 Å². The van der Waals surface area contributed by atoms with Crippen LogP contribution in [0.3, 0.4) is 0 Å². The Balaban J connectivity index is 2.43. The molecule has 0 aliphatic heterocycles. The van der Waals surface area contributed by atoms with Gasteiger partial charge in [-0.15, -0.1) is 0 Å². The minimum atomic E-state index is -1.98. The van der Waals surface area contributed by atoms with Crippen molar-refractivity contribution in [3.05, 3.63) is 63.3 Å². The maximum Gasteiger partial charge on any atom is 0.256 e. The third-order valence-corrected chi connectivity index (χ3v) is 3.70. The number of nitrogens with one attached hydrogen (secondary N) is 2. The first kappa shape index (κ1) is 17.0. The summed E-state index contributed by atoms with van der Waals surface area (Å²) in [6, 6.07) is 9.56. The number of benzene rings is 1. The fraction of sp³-hybridized carbons (Fsp3) is 0.154. The second kappa shape index (κ2) is 6.83. The Hall–Kier alpha value is -1.34. The van der Waals surface area contributed by atoms with E-state index in [9.17, 15) is 9.59 Å². The number of rotatable bonds is 3. The van der Waals surface area contributed by atoms with Crippen LogP contribution < -0.4 is 10.9 Å². The number of aromatic nitrogens is 2. The van der Waals surface area contributed by atoms with E-state index in [1.165, 1.54) is 12.3 Å². The summed E-state index contributed by atoms with van der Waals surface area (Å²) in [5, 5.41) is 2.51. The van der Waals surface area contributed by atoms with E-state index in [-0.39, 0.29) is 4.77 Å². The Morgan fingerprint density at radius 1 is 1.23 bits per heavy atom. The highest BCUT2D eigenvalue weighted by Crippen LogP contribution is 2.36. The molecule has 0 unspecified atom stereocenters. The second-order valence-corrected chi connectivity index (χ2v) is 7.03. The molecule has 0 aliphatic rings. The largest absolute Gasteiger partial charge is 0.339 e. The summed E-state index contributed by atoms with van der Waals surface area (Å²) < 4.78 is -0.947. The predicted molar refractivity (Wildman–Crippen MR) is 89.1 cm³/mol. The van der Waals surface area contributed by atoms with Crippen molar-refractivity contribution in [2.24, 2.45) is 0 Å². The summed E-state index contributed by atoms with van der Waals surface area (Å²) in [5.41, 5.74) is -0.144. The first-order valence-corrected chi connectivity index (χ1v) is 7.58. The van der Waals surface area contributed by atoms with Crippen molar-refractivity contribution in [3.8, 4) is 0 Å². The molecule has 1 heterocycles. The zero-order valence-corrected chi connectivity index (χ0v) is 14.0. The summed E-state index contributed by atoms with van der Waals surface area (Å²) in [5.74, 6) is -0.498. The predicted octanol–water partition coefficient (Wildman–Crippen LogP) is 3.20. The van der Waals surface area contributed by atoms with E-state index in [2.05, 4.69) is 10.3 Å². The molecule has 1 aromatic carbocycles. The van der Waals surface area contributed by atoms with Crippen LogP contribution in [0.5, 0.6) is 0 Å². The van der Waals surface area contributed by atoms with Gasteiger partial charge in [0.05, 0.1) is 0 Å². The average Bonchev–Trinajstić information content (AvgIpc) is 2.45. The number of H-pyrrole nitrogens is 1. The number of amides is 1. The fourth-order valence-corrected chi connectivity index (χ4v) is 2.49. The summed E-state index contributed by atoms with van der Waals surface area (Å²) in [6.07, 6.45) is 0.109. The summed E-state index contributed by atoms with van der Waals surface area (Å²) >= 11 is 22.8. The molecule has 1 aromatic heterocycles. The van der Waals surface area contributed by atoms with Crippen molar-refractivity contribution in [3.63, 3.8) is 0 Å². The molecule has 0 aliphatic carbocycles. The molecular formula is C13H10Cl3N3O2S. The van der Waals surface area contributed by atoms with Crippen LogP contribution in [0.2, 0.25) is 0 Å². The zero-order chi connectivity index (χ0) is 16.3. The van der Waals surface area contributed by atoms with Gasteiger partial charge in [-0.05, 0) is 24.4 Å². The molecule has 1 amide bonds. The molecule has 2 rings (SSSR count). The van der Waals surface area contributed by atoms with Crippen LogP contribution in [0.25, 0.3) is 0 Å². The molecule has 2 N–H and O–H groups in total. The van der Waals surface area contributed by atoms with E-state index in [4.69, 9.17) is 47.0 Å². The van der Waals surface area contributed by atoms with Gasteiger partial charge in [-0.1, -0.05) is 53.0 Å². The SMILES string of the molecule is O=C(N[C@H](n1c(=O)cc[nH]c1=S)C(Cl)(Cl)Cl)c1ccccc1. The Labute approximate surface area is 145 Å². The first-order valence-electron chi connectivity index (χ1n) is 6.03. The van der Waals surface area contributed by atoms with Crippen LogP contribution >= 0.6 is 47.0 Å². The van der Waals surface area contributed by atoms with Crippen molar-refractivity contribution in [1.29, 1.82) is 0 Å². The molecule has 0 saturated carbocycles. The quantitative estimate of drug-likeness (QED) is 0.636. The average molecular weight is 379 g/mol. The van der Waals surface area contributed by atoms with Crippen molar-refractivity contribution in [2.45, 2.75) is 9.96 Å². The van der Waals surface area contributed by atoms with Crippen LogP contribution in [0.4, 0.5) is 0 Å².